The molecule has 1 atom stereocenters. The van der Waals surface area contributed by atoms with Gasteiger partial charge in [-0.15, -0.1) is 0 Å². The Hall–Kier alpha value is -2.79. The number of benzene rings is 1. The lowest BCUT2D eigenvalue weighted by Crippen LogP contribution is -2.16. The molecule has 5 nitrogen and oxygen atoms in total. The Balaban J connectivity index is 1.52. The standard InChI is InChI=1S/C20H19ClN4O/c1-25-19-9-13(6-7-18(19)24-20(25)26)15-8-16(12-22-10-15)23-11-14-4-2-3-5-17(14)21/h2-8,10,12-13,23H,9,11H2,1H3,(H,24,26). The molecule has 132 valence electrons. The predicted molar refractivity (Wildman–Crippen MR) is 105 cm³/mol. The zero-order chi connectivity index (χ0) is 18.1. The van der Waals surface area contributed by atoms with E-state index < -0.39 is 0 Å². The van der Waals surface area contributed by atoms with E-state index in [1.165, 1.54) is 0 Å². The van der Waals surface area contributed by atoms with E-state index in [4.69, 9.17) is 11.6 Å². The van der Waals surface area contributed by atoms with Crippen LogP contribution in [0.3, 0.4) is 0 Å². The Labute approximate surface area is 156 Å². The van der Waals surface area contributed by atoms with Gasteiger partial charge in [0.05, 0.1) is 11.4 Å². The first-order valence-electron chi connectivity index (χ1n) is 8.50. The molecule has 0 bridgehead atoms. The molecule has 0 aliphatic heterocycles. The van der Waals surface area contributed by atoms with E-state index in [1.807, 2.05) is 42.7 Å². The van der Waals surface area contributed by atoms with Crippen LogP contribution in [0.15, 0.2) is 53.6 Å². The summed E-state index contributed by atoms with van der Waals surface area (Å²) in [5, 5.41) is 4.13. The van der Waals surface area contributed by atoms with Gasteiger partial charge in [0.1, 0.15) is 0 Å². The van der Waals surface area contributed by atoms with Gasteiger partial charge in [0.15, 0.2) is 0 Å². The molecule has 1 aliphatic carbocycles. The highest BCUT2D eigenvalue weighted by atomic mass is 35.5. The van der Waals surface area contributed by atoms with Gasteiger partial charge in [-0.3, -0.25) is 9.55 Å². The molecule has 0 radical (unpaired) electrons. The number of rotatable bonds is 4. The summed E-state index contributed by atoms with van der Waals surface area (Å²) in [4.78, 5) is 19.0. The third-order valence-corrected chi connectivity index (χ3v) is 5.17. The van der Waals surface area contributed by atoms with Crippen LogP contribution in [0, 0.1) is 0 Å². The van der Waals surface area contributed by atoms with Crippen LogP contribution in [0.1, 0.15) is 28.4 Å². The maximum Gasteiger partial charge on any atom is 0.325 e. The van der Waals surface area contributed by atoms with Gasteiger partial charge in [-0.05, 0) is 29.3 Å². The second-order valence-electron chi connectivity index (χ2n) is 6.47. The number of imidazole rings is 1. The molecule has 2 N–H and O–H groups in total. The van der Waals surface area contributed by atoms with Crippen LogP contribution in [0.2, 0.25) is 5.02 Å². The van der Waals surface area contributed by atoms with E-state index in [0.717, 1.165) is 39.6 Å². The molecular formula is C20H19ClN4O. The fourth-order valence-corrected chi connectivity index (χ4v) is 3.48. The average Bonchev–Trinajstić information content (AvgIpc) is 2.95. The lowest BCUT2D eigenvalue weighted by Gasteiger charge is -2.18. The van der Waals surface area contributed by atoms with Gasteiger partial charge in [-0.2, -0.15) is 0 Å². The molecule has 0 saturated carbocycles. The van der Waals surface area contributed by atoms with Crippen molar-refractivity contribution in [2.75, 3.05) is 5.32 Å². The average molecular weight is 367 g/mol. The highest BCUT2D eigenvalue weighted by Crippen LogP contribution is 2.29. The molecule has 1 unspecified atom stereocenters. The van der Waals surface area contributed by atoms with Gasteiger partial charge in [0, 0.05) is 49.0 Å². The highest BCUT2D eigenvalue weighted by molar-refractivity contribution is 6.31. The second-order valence-corrected chi connectivity index (χ2v) is 6.88. The number of nitrogens with one attached hydrogen (secondary N) is 2. The summed E-state index contributed by atoms with van der Waals surface area (Å²) in [6, 6.07) is 9.90. The molecule has 1 aromatic carbocycles. The number of hydrogen-bond donors (Lipinski definition) is 2. The monoisotopic (exact) mass is 366 g/mol. The number of nitrogens with zero attached hydrogens (tertiary/aromatic N) is 2. The van der Waals surface area contributed by atoms with Gasteiger partial charge < -0.3 is 10.3 Å². The Bertz CT molecular complexity index is 1030. The number of allylic oxidation sites excluding steroid dienone is 1. The second kappa shape index (κ2) is 6.84. The molecule has 0 amide bonds. The van der Waals surface area contributed by atoms with Gasteiger partial charge >= 0.3 is 5.69 Å². The zero-order valence-corrected chi connectivity index (χ0v) is 15.1. The van der Waals surface area contributed by atoms with Crippen molar-refractivity contribution in [1.82, 2.24) is 14.5 Å². The molecule has 3 aromatic rings. The first kappa shape index (κ1) is 16.7. The SMILES string of the molecule is Cn1c2c([nH]c1=O)C=CC(c1cncc(NCc3ccccc3Cl)c1)C2. The number of aromatic nitrogens is 3. The normalized spacial score (nSPS) is 15.7. The van der Waals surface area contributed by atoms with Crippen molar-refractivity contribution >= 4 is 23.4 Å². The fraction of sp³-hybridized carbons (Fsp3) is 0.200. The zero-order valence-electron chi connectivity index (χ0n) is 14.4. The fourth-order valence-electron chi connectivity index (χ4n) is 3.27. The smallest absolute Gasteiger partial charge is 0.325 e. The number of halogens is 1. The summed E-state index contributed by atoms with van der Waals surface area (Å²) < 4.78 is 1.68. The van der Waals surface area contributed by atoms with E-state index in [1.54, 1.807) is 11.6 Å². The van der Waals surface area contributed by atoms with Crippen LogP contribution < -0.4 is 11.0 Å². The number of hydrogen-bond acceptors (Lipinski definition) is 3. The minimum atomic E-state index is -0.0754. The molecule has 0 spiro atoms. The molecule has 26 heavy (non-hydrogen) atoms. The maximum atomic E-state index is 11.8. The van der Waals surface area contributed by atoms with Crippen LogP contribution in [0.5, 0.6) is 0 Å². The molecule has 2 aromatic heterocycles. The van der Waals surface area contributed by atoms with Gasteiger partial charge in [0.2, 0.25) is 0 Å². The minimum Gasteiger partial charge on any atom is -0.380 e. The molecule has 0 saturated heterocycles. The molecule has 4 rings (SSSR count). The van der Waals surface area contributed by atoms with E-state index in [9.17, 15) is 4.79 Å². The number of aromatic amines is 1. The van der Waals surface area contributed by atoms with Gasteiger partial charge in [0.25, 0.3) is 0 Å². The van der Waals surface area contributed by atoms with Crippen molar-refractivity contribution in [2.45, 2.75) is 18.9 Å². The topological polar surface area (TPSA) is 62.7 Å². The molecule has 2 heterocycles. The number of anilines is 1. The minimum absolute atomic E-state index is 0.0754. The molecule has 0 fully saturated rings. The van der Waals surface area contributed by atoms with Crippen molar-refractivity contribution in [1.29, 1.82) is 0 Å². The van der Waals surface area contributed by atoms with Crippen molar-refractivity contribution in [3.63, 3.8) is 0 Å². The molecule has 1 aliphatic rings. The van der Waals surface area contributed by atoms with E-state index in [2.05, 4.69) is 27.4 Å². The molecular weight excluding hydrogens is 348 g/mol. The molecule has 6 heteroatoms. The summed E-state index contributed by atoms with van der Waals surface area (Å²) >= 11 is 6.21. The van der Waals surface area contributed by atoms with Crippen LogP contribution in [-0.4, -0.2) is 14.5 Å². The highest BCUT2D eigenvalue weighted by Gasteiger charge is 2.20. The van der Waals surface area contributed by atoms with Gasteiger partial charge in [-0.1, -0.05) is 35.9 Å². The number of pyridine rings is 1. The van der Waals surface area contributed by atoms with Crippen molar-refractivity contribution < 1.29 is 0 Å². The first-order chi connectivity index (χ1) is 12.6. The summed E-state index contributed by atoms with van der Waals surface area (Å²) in [6.07, 6.45) is 8.56. The maximum absolute atomic E-state index is 11.8. The Morgan fingerprint density at radius 1 is 1.35 bits per heavy atom. The quantitative estimate of drug-likeness (QED) is 0.739. The van der Waals surface area contributed by atoms with Crippen LogP contribution in [0.25, 0.3) is 6.08 Å². The Morgan fingerprint density at radius 2 is 2.19 bits per heavy atom. The van der Waals surface area contributed by atoms with Crippen molar-refractivity contribution in [2.24, 2.45) is 7.05 Å². The summed E-state index contributed by atoms with van der Waals surface area (Å²) in [6.45, 7) is 0.641. The summed E-state index contributed by atoms with van der Waals surface area (Å²) in [5.41, 5.74) is 4.96. The lowest BCUT2D eigenvalue weighted by atomic mass is 9.90. The van der Waals surface area contributed by atoms with Crippen molar-refractivity contribution in [3.8, 4) is 0 Å². The van der Waals surface area contributed by atoms with Crippen LogP contribution in [0.4, 0.5) is 5.69 Å². The largest absolute Gasteiger partial charge is 0.380 e. The van der Waals surface area contributed by atoms with Crippen LogP contribution >= 0.6 is 11.6 Å². The third kappa shape index (κ3) is 3.18. The lowest BCUT2D eigenvalue weighted by molar-refractivity contribution is 0.726. The van der Waals surface area contributed by atoms with Gasteiger partial charge in [-0.25, -0.2) is 4.79 Å². The van der Waals surface area contributed by atoms with E-state index in [0.29, 0.717) is 6.54 Å². The predicted octanol–water partition coefficient (Wildman–Crippen LogP) is 3.73. The number of H-pyrrole nitrogens is 1. The van der Waals surface area contributed by atoms with E-state index in [-0.39, 0.29) is 11.6 Å². The summed E-state index contributed by atoms with van der Waals surface area (Å²) in [5.74, 6) is 0.193. The van der Waals surface area contributed by atoms with E-state index >= 15 is 0 Å². The number of fused-ring (bicyclic) bond motifs is 1. The Kier molecular flexibility index (Phi) is 4.39. The first-order valence-corrected chi connectivity index (χ1v) is 8.88. The van der Waals surface area contributed by atoms with Crippen molar-refractivity contribution in [3.05, 3.63) is 86.8 Å². The van der Waals surface area contributed by atoms with Crippen LogP contribution in [-0.2, 0) is 20.0 Å². The Morgan fingerprint density at radius 3 is 3.04 bits per heavy atom. The summed E-state index contributed by atoms with van der Waals surface area (Å²) in [7, 11) is 1.80. The third-order valence-electron chi connectivity index (χ3n) is 4.80.